The topological polar surface area (TPSA) is 166 Å². The lowest BCUT2D eigenvalue weighted by molar-refractivity contribution is -0.137. The van der Waals surface area contributed by atoms with Crippen molar-refractivity contribution in [2.24, 2.45) is 0 Å². The van der Waals surface area contributed by atoms with Crippen LogP contribution in [0, 0.1) is 0 Å². The molecular weight excluding hydrogens is 556 g/mol. The van der Waals surface area contributed by atoms with Crippen LogP contribution in [0.3, 0.4) is 0 Å². The molecule has 43 heavy (non-hydrogen) atoms. The van der Waals surface area contributed by atoms with E-state index >= 15 is 0 Å². The minimum Gasteiger partial charge on any atom is -0.508 e. The highest BCUT2D eigenvalue weighted by Crippen LogP contribution is 2.35. The maximum atomic E-state index is 13.7. The molecule has 2 aromatic rings. The summed E-state index contributed by atoms with van der Waals surface area (Å²) in [5.74, 6) is -0.992. The standard InChI is InChI=1S/C33H48O10/c1-3-5-7-9-11-13-21-15-23(35)18-25(16-21)41-32(40)28-22(14-12-10-8-6-4-2)17-24(36)19-27(28)42-33-30(39)29(38)31(43-33)26(37)20-34/h15-19,26,29-31,33-39H,3-14,20H2,1-2H3/t26-,29-,30-,31?,33-/m1/s1. The smallest absolute Gasteiger partial charge is 0.347 e. The number of aryl methyl sites for hydroxylation is 2. The average molecular weight is 605 g/mol. The van der Waals surface area contributed by atoms with Crippen molar-refractivity contribution in [3.05, 3.63) is 47.0 Å². The summed E-state index contributed by atoms with van der Waals surface area (Å²) in [5.41, 5.74) is 1.31. The molecule has 6 N–H and O–H groups in total. The first kappa shape index (κ1) is 34.6. The Balaban J connectivity index is 1.87. The number of unbranched alkanes of at least 4 members (excludes halogenated alkanes) is 8. The summed E-state index contributed by atoms with van der Waals surface area (Å²) in [6.45, 7) is 3.56. The first-order valence-electron chi connectivity index (χ1n) is 15.6. The number of aliphatic hydroxyl groups excluding tert-OH is 4. The number of benzene rings is 2. The summed E-state index contributed by atoms with van der Waals surface area (Å²) >= 11 is 0. The van der Waals surface area contributed by atoms with Crippen molar-refractivity contribution in [2.45, 2.75) is 122 Å². The van der Waals surface area contributed by atoms with E-state index in [0.717, 1.165) is 69.8 Å². The lowest BCUT2D eigenvalue weighted by Crippen LogP contribution is -2.40. The minimum absolute atomic E-state index is 0.00852. The quantitative estimate of drug-likeness (QED) is 0.0809. The molecule has 0 radical (unpaired) electrons. The first-order chi connectivity index (χ1) is 20.7. The Hall–Kier alpha value is -2.89. The van der Waals surface area contributed by atoms with Gasteiger partial charge in [0.05, 0.1) is 6.61 Å². The van der Waals surface area contributed by atoms with Crippen molar-refractivity contribution in [1.82, 2.24) is 0 Å². The number of esters is 1. The largest absolute Gasteiger partial charge is 0.508 e. The van der Waals surface area contributed by atoms with Crippen LogP contribution in [-0.2, 0) is 17.6 Å². The number of carbonyl (C=O) groups excluding carboxylic acids is 1. The second-order valence-electron chi connectivity index (χ2n) is 11.3. The molecule has 3 rings (SSSR count). The van der Waals surface area contributed by atoms with E-state index < -0.39 is 43.3 Å². The summed E-state index contributed by atoms with van der Waals surface area (Å²) in [5, 5.41) is 61.0. The number of phenolic OH excluding ortho intramolecular Hbond substituents is 2. The van der Waals surface area contributed by atoms with Crippen LogP contribution < -0.4 is 9.47 Å². The number of aliphatic hydroxyl groups is 4. The normalized spacial score (nSPS) is 20.7. The zero-order valence-corrected chi connectivity index (χ0v) is 25.3. The molecule has 10 nitrogen and oxygen atoms in total. The fourth-order valence-electron chi connectivity index (χ4n) is 5.35. The van der Waals surface area contributed by atoms with Gasteiger partial charge in [-0.2, -0.15) is 0 Å². The van der Waals surface area contributed by atoms with Crippen molar-refractivity contribution in [3.8, 4) is 23.0 Å². The monoisotopic (exact) mass is 604 g/mol. The van der Waals surface area contributed by atoms with Crippen LogP contribution >= 0.6 is 0 Å². The average Bonchev–Trinajstić information content (AvgIpc) is 3.24. The van der Waals surface area contributed by atoms with Crippen LogP contribution in [0.1, 0.15) is 99.5 Å². The second kappa shape index (κ2) is 17.4. The van der Waals surface area contributed by atoms with Crippen molar-refractivity contribution < 1.29 is 49.6 Å². The van der Waals surface area contributed by atoms with Gasteiger partial charge < -0.3 is 44.8 Å². The fourth-order valence-corrected chi connectivity index (χ4v) is 5.35. The van der Waals surface area contributed by atoms with Crippen molar-refractivity contribution >= 4 is 5.97 Å². The Morgan fingerprint density at radius 2 is 1.47 bits per heavy atom. The molecule has 10 heteroatoms. The summed E-state index contributed by atoms with van der Waals surface area (Å²) in [6, 6.07) is 7.37. The predicted octanol–water partition coefficient (Wildman–Crippen LogP) is 4.52. The zero-order valence-electron chi connectivity index (χ0n) is 25.3. The minimum atomic E-state index is -1.61. The number of phenols is 2. The summed E-state index contributed by atoms with van der Waals surface area (Å²) in [6.07, 6.45) is 3.97. The molecule has 0 amide bonds. The molecule has 2 aromatic carbocycles. The predicted molar refractivity (Wildman–Crippen MR) is 160 cm³/mol. The van der Waals surface area contributed by atoms with Crippen LogP contribution in [0.4, 0.5) is 0 Å². The Morgan fingerprint density at radius 1 is 0.837 bits per heavy atom. The van der Waals surface area contributed by atoms with Crippen LogP contribution in [0.2, 0.25) is 0 Å². The maximum Gasteiger partial charge on any atom is 0.347 e. The number of hydrogen-bond donors (Lipinski definition) is 6. The van der Waals surface area contributed by atoms with Crippen LogP contribution in [0.5, 0.6) is 23.0 Å². The molecule has 1 fully saturated rings. The van der Waals surface area contributed by atoms with Gasteiger partial charge in [-0.25, -0.2) is 4.79 Å². The number of ether oxygens (including phenoxy) is 3. The molecule has 0 bridgehead atoms. The number of carbonyl (C=O) groups is 1. The van der Waals surface area contributed by atoms with E-state index in [-0.39, 0.29) is 28.6 Å². The van der Waals surface area contributed by atoms with E-state index in [0.29, 0.717) is 12.0 Å². The van der Waals surface area contributed by atoms with E-state index in [9.17, 15) is 35.4 Å². The number of rotatable bonds is 18. The molecule has 0 aromatic heterocycles. The summed E-state index contributed by atoms with van der Waals surface area (Å²) in [7, 11) is 0. The third-order valence-corrected chi connectivity index (χ3v) is 7.72. The first-order valence-corrected chi connectivity index (χ1v) is 15.6. The molecule has 0 aliphatic carbocycles. The van der Waals surface area contributed by atoms with Gasteiger partial charge in [-0.1, -0.05) is 65.2 Å². The molecule has 5 atom stereocenters. The highest BCUT2D eigenvalue weighted by Gasteiger charge is 2.47. The van der Waals surface area contributed by atoms with E-state index in [4.69, 9.17) is 14.2 Å². The van der Waals surface area contributed by atoms with Gasteiger partial charge in [0.25, 0.3) is 0 Å². The number of hydrogen-bond acceptors (Lipinski definition) is 10. The van der Waals surface area contributed by atoms with Gasteiger partial charge in [0.2, 0.25) is 6.29 Å². The van der Waals surface area contributed by atoms with E-state index in [1.807, 2.05) is 0 Å². The van der Waals surface area contributed by atoms with Crippen molar-refractivity contribution in [2.75, 3.05) is 6.61 Å². The number of aromatic hydroxyl groups is 2. The fraction of sp³-hybridized carbons (Fsp3) is 0.606. The van der Waals surface area contributed by atoms with Crippen LogP contribution in [-0.4, -0.2) is 73.9 Å². The highest BCUT2D eigenvalue weighted by atomic mass is 16.7. The van der Waals surface area contributed by atoms with E-state index in [2.05, 4.69) is 13.8 Å². The van der Waals surface area contributed by atoms with Crippen molar-refractivity contribution in [1.29, 1.82) is 0 Å². The van der Waals surface area contributed by atoms with Gasteiger partial charge in [-0.05, 0) is 55.0 Å². The Morgan fingerprint density at radius 3 is 2.12 bits per heavy atom. The van der Waals surface area contributed by atoms with Gasteiger partial charge >= 0.3 is 5.97 Å². The van der Waals surface area contributed by atoms with Crippen LogP contribution in [0.25, 0.3) is 0 Å². The summed E-state index contributed by atoms with van der Waals surface area (Å²) in [4.78, 5) is 13.7. The van der Waals surface area contributed by atoms with E-state index in [1.54, 1.807) is 12.1 Å². The van der Waals surface area contributed by atoms with Gasteiger partial charge in [0, 0.05) is 12.1 Å². The zero-order chi connectivity index (χ0) is 31.4. The van der Waals surface area contributed by atoms with E-state index in [1.165, 1.54) is 24.6 Å². The molecular formula is C33H48O10. The Bertz CT molecular complexity index is 1150. The summed E-state index contributed by atoms with van der Waals surface area (Å²) < 4.78 is 17.1. The van der Waals surface area contributed by atoms with Gasteiger partial charge in [0.15, 0.2) is 0 Å². The van der Waals surface area contributed by atoms with Gasteiger partial charge in [-0.15, -0.1) is 0 Å². The van der Waals surface area contributed by atoms with Gasteiger partial charge in [0.1, 0.15) is 53.0 Å². The lowest BCUT2D eigenvalue weighted by atomic mass is 9.99. The molecule has 1 saturated heterocycles. The molecule has 0 spiro atoms. The lowest BCUT2D eigenvalue weighted by Gasteiger charge is -2.21. The Kier molecular flexibility index (Phi) is 14.0. The second-order valence-corrected chi connectivity index (χ2v) is 11.3. The van der Waals surface area contributed by atoms with Gasteiger partial charge in [-0.3, -0.25) is 0 Å². The Labute approximate surface area is 253 Å². The third-order valence-electron chi connectivity index (χ3n) is 7.72. The molecule has 1 heterocycles. The molecule has 240 valence electrons. The molecule has 1 unspecified atom stereocenters. The third kappa shape index (κ3) is 10.1. The van der Waals surface area contributed by atoms with Crippen LogP contribution in [0.15, 0.2) is 30.3 Å². The molecule has 1 aliphatic heterocycles. The SMILES string of the molecule is CCCCCCCc1cc(O)cc(OC(=O)c2c(CCCCCCC)cc(O)cc2O[C@@H]2OC([C@H](O)CO)[C@H](O)[C@H]2O)c1. The molecule has 0 saturated carbocycles. The highest BCUT2D eigenvalue weighted by molar-refractivity contribution is 5.96. The van der Waals surface area contributed by atoms with Crippen molar-refractivity contribution in [3.63, 3.8) is 0 Å². The molecule has 1 aliphatic rings. The maximum absolute atomic E-state index is 13.7.